The zero-order chi connectivity index (χ0) is 24.2. The van der Waals surface area contributed by atoms with Gasteiger partial charge in [-0.15, -0.1) is 0 Å². The molecule has 0 fully saturated rings. The van der Waals surface area contributed by atoms with E-state index in [0.717, 1.165) is 0 Å². The predicted octanol–water partition coefficient (Wildman–Crippen LogP) is 4.70. The molecule has 3 aromatic heterocycles. The van der Waals surface area contributed by atoms with E-state index in [1.807, 2.05) is 12.1 Å². The number of carbonyl (C=O) groups is 2. The maximum atomic E-state index is 13.4. The molecule has 3 heterocycles. The lowest BCUT2D eigenvalue weighted by atomic mass is 10.1. The molecule has 9 heteroatoms. The Kier molecular flexibility index (Phi) is 5.87. The van der Waals surface area contributed by atoms with Crippen LogP contribution in [0.4, 0.5) is 15.9 Å². The molecule has 2 amide bonds. The van der Waals surface area contributed by atoms with Crippen LogP contribution in [0.5, 0.6) is 0 Å². The number of rotatable bonds is 6. The van der Waals surface area contributed by atoms with Gasteiger partial charge in [0.2, 0.25) is 0 Å². The molecule has 2 N–H and O–H groups in total. The van der Waals surface area contributed by atoms with Crippen molar-refractivity contribution >= 4 is 23.3 Å². The largest absolute Gasteiger partial charge is 0.322 e. The fourth-order valence-corrected chi connectivity index (χ4v) is 3.56. The number of nitrogens with zero attached hydrogens (tertiary/aromatic N) is 4. The van der Waals surface area contributed by atoms with E-state index in [9.17, 15) is 14.0 Å². The molecule has 0 aliphatic carbocycles. The summed E-state index contributed by atoms with van der Waals surface area (Å²) in [7, 11) is 0. The summed E-state index contributed by atoms with van der Waals surface area (Å²) in [6, 6.07) is 21.3. The second-order valence-corrected chi connectivity index (χ2v) is 7.56. The minimum absolute atomic E-state index is 0.300. The summed E-state index contributed by atoms with van der Waals surface area (Å²) in [6.45, 7) is 0. The van der Waals surface area contributed by atoms with Gasteiger partial charge in [-0.25, -0.2) is 14.1 Å². The molecule has 0 unspecified atom stereocenters. The van der Waals surface area contributed by atoms with Crippen molar-refractivity contribution in [1.82, 2.24) is 19.3 Å². The zero-order valence-electron chi connectivity index (χ0n) is 18.3. The van der Waals surface area contributed by atoms with Crippen LogP contribution < -0.4 is 10.6 Å². The molecule has 172 valence electrons. The molecule has 0 aliphatic rings. The van der Waals surface area contributed by atoms with Crippen LogP contribution in [-0.4, -0.2) is 31.1 Å². The Morgan fingerprint density at radius 2 is 1.63 bits per heavy atom. The third-order valence-corrected chi connectivity index (χ3v) is 5.20. The number of anilines is 2. The summed E-state index contributed by atoms with van der Waals surface area (Å²) in [5.41, 5.74) is 1.70. The second kappa shape index (κ2) is 9.44. The van der Waals surface area contributed by atoms with Gasteiger partial charge in [0, 0.05) is 29.8 Å². The number of carbonyl (C=O) groups excluding carboxylic acids is 2. The van der Waals surface area contributed by atoms with Crippen LogP contribution >= 0.6 is 0 Å². The van der Waals surface area contributed by atoms with Crippen molar-refractivity contribution in [3.05, 3.63) is 121 Å². The summed E-state index contributed by atoms with van der Waals surface area (Å²) >= 11 is 0. The quantitative estimate of drug-likeness (QED) is 0.379. The second-order valence-electron chi connectivity index (χ2n) is 7.56. The standard InChI is InChI=1S/C26H19FN6O2/c27-19-9-11-21(12-10-19)33-26(32-14-3-4-15-32)22(17-29-33)25(35)30-20-7-5-6-18(16-20)24(34)31-23-8-1-2-13-28-23/h1-17H,(H,30,35)(H,28,31,34). The lowest BCUT2D eigenvalue weighted by molar-refractivity contribution is 0.101. The van der Waals surface area contributed by atoms with Crippen molar-refractivity contribution in [3.63, 3.8) is 0 Å². The van der Waals surface area contributed by atoms with E-state index in [4.69, 9.17) is 0 Å². The summed E-state index contributed by atoms with van der Waals surface area (Å²) in [5.74, 6) is -0.214. The van der Waals surface area contributed by atoms with Gasteiger partial charge in [0.15, 0.2) is 5.82 Å². The van der Waals surface area contributed by atoms with Crippen LogP contribution in [0.15, 0.2) is 104 Å². The van der Waals surface area contributed by atoms with E-state index in [0.29, 0.717) is 34.1 Å². The Bertz CT molecular complexity index is 1480. The first-order valence-corrected chi connectivity index (χ1v) is 10.7. The van der Waals surface area contributed by atoms with Gasteiger partial charge in [-0.05, 0) is 66.7 Å². The molecular weight excluding hydrogens is 447 g/mol. The molecule has 0 bridgehead atoms. The molecule has 0 saturated heterocycles. The van der Waals surface area contributed by atoms with Crippen molar-refractivity contribution in [2.24, 2.45) is 0 Å². The number of aromatic nitrogens is 4. The predicted molar refractivity (Wildman–Crippen MR) is 129 cm³/mol. The average Bonchev–Trinajstić information content (AvgIpc) is 3.55. The van der Waals surface area contributed by atoms with E-state index >= 15 is 0 Å². The molecular formula is C26H19FN6O2. The molecule has 35 heavy (non-hydrogen) atoms. The number of nitrogens with one attached hydrogen (secondary N) is 2. The van der Waals surface area contributed by atoms with Gasteiger partial charge >= 0.3 is 0 Å². The number of amides is 2. The van der Waals surface area contributed by atoms with Gasteiger partial charge < -0.3 is 15.2 Å². The van der Waals surface area contributed by atoms with Gasteiger partial charge in [-0.1, -0.05) is 12.1 Å². The van der Waals surface area contributed by atoms with Crippen molar-refractivity contribution < 1.29 is 14.0 Å². The third kappa shape index (κ3) is 4.69. The Morgan fingerprint density at radius 1 is 0.829 bits per heavy atom. The first-order valence-electron chi connectivity index (χ1n) is 10.7. The highest BCUT2D eigenvalue weighted by molar-refractivity contribution is 6.08. The van der Waals surface area contributed by atoms with Crippen LogP contribution in [0.2, 0.25) is 0 Å². The van der Waals surface area contributed by atoms with Crippen LogP contribution in [-0.2, 0) is 0 Å². The Morgan fingerprint density at radius 3 is 2.37 bits per heavy atom. The van der Waals surface area contributed by atoms with Crippen molar-refractivity contribution in [3.8, 4) is 11.5 Å². The molecule has 0 saturated carbocycles. The average molecular weight is 466 g/mol. The van der Waals surface area contributed by atoms with Gasteiger partial charge in [0.1, 0.15) is 17.2 Å². The highest BCUT2D eigenvalue weighted by Gasteiger charge is 2.20. The van der Waals surface area contributed by atoms with Crippen molar-refractivity contribution in [2.45, 2.75) is 0 Å². The summed E-state index contributed by atoms with van der Waals surface area (Å²) in [5, 5.41) is 9.92. The molecule has 0 spiro atoms. The van der Waals surface area contributed by atoms with Gasteiger partial charge in [-0.3, -0.25) is 9.59 Å². The number of benzene rings is 2. The summed E-state index contributed by atoms with van der Waals surface area (Å²) in [6.07, 6.45) is 6.61. The molecule has 5 rings (SSSR count). The number of halogens is 1. The van der Waals surface area contributed by atoms with Crippen molar-refractivity contribution in [2.75, 3.05) is 10.6 Å². The lowest BCUT2D eigenvalue weighted by Gasteiger charge is -2.12. The molecule has 0 radical (unpaired) electrons. The number of hydrogen-bond acceptors (Lipinski definition) is 4. The fourth-order valence-electron chi connectivity index (χ4n) is 3.56. The summed E-state index contributed by atoms with van der Waals surface area (Å²) in [4.78, 5) is 29.9. The number of hydrogen-bond donors (Lipinski definition) is 2. The van der Waals surface area contributed by atoms with E-state index < -0.39 is 5.91 Å². The third-order valence-electron chi connectivity index (χ3n) is 5.20. The van der Waals surface area contributed by atoms with Gasteiger partial charge in [0.05, 0.1) is 11.9 Å². The van der Waals surface area contributed by atoms with Crippen LogP contribution in [0.25, 0.3) is 11.5 Å². The van der Waals surface area contributed by atoms with E-state index in [1.54, 1.807) is 82.4 Å². The van der Waals surface area contributed by atoms with Crippen LogP contribution in [0.1, 0.15) is 20.7 Å². The van der Waals surface area contributed by atoms with E-state index in [-0.39, 0.29) is 11.7 Å². The monoisotopic (exact) mass is 466 g/mol. The SMILES string of the molecule is O=C(Nc1ccccn1)c1cccc(NC(=O)c2cnn(-c3ccc(F)cc3)c2-n2cccc2)c1. The number of pyridine rings is 1. The molecule has 2 aromatic carbocycles. The van der Waals surface area contributed by atoms with Gasteiger partial charge in [-0.2, -0.15) is 5.10 Å². The topological polar surface area (TPSA) is 93.8 Å². The first kappa shape index (κ1) is 21.8. The highest BCUT2D eigenvalue weighted by atomic mass is 19.1. The normalized spacial score (nSPS) is 10.7. The molecule has 0 atom stereocenters. The Balaban J connectivity index is 1.42. The lowest BCUT2D eigenvalue weighted by Crippen LogP contribution is -2.16. The van der Waals surface area contributed by atoms with Crippen molar-refractivity contribution in [1.29, 1.82) is 0 Å². The van der Waals surface area contributed by atoms with E-state index in [2.05, 4.69) is 20.7 Å². The van der Waals surface area contributed by atoms with Crippen LogP contribution in [0.3, 0.4) is 0 Å². The molecule has 8 nitrogen and oxygen atoms in total. The minimum atomic E-state index is -0.413. The molecule has 0 aliphatic heterocycles. The maximum Gasteiger partial charge on any atom is 0.261 e. The zero-order valence-corrected chi connectivity index (χ0v) is 18.3. The maximum absolute atomic E-state index is 13.4. The Labute approximate surface area is 199 Å². The van der Waals surface area contributed by atoms with Crippen LogP contribution in [0, 0.1) is 5.82 Å². The smallest absolute Gasteiger partial charge is 0.261 e. The summed E-state index contributed by atoms with van der Waals surface area (Å²) < 4.78 is 16.7. The first-order chi connectivity index (χ1) is 17.1. The van der Waals surface area contributed by atoms with E-state index in [1.165, 1.54) is 18.3 Å². The Hall–Kier alpha value is -5.05. The highest BCUT2D eigenvalue weighted by Crippen LogP contribution is 2.22. The minimum Gasteiger partial charge on any atom is -0.322 e. The fraction of sp³-hybridized carbons (Fsp3) is 0. The molecule has 5 aromatic rings. The van der Waals surface area contributed by atoms with Gasteiger partial charge in [0.25, 0.3) is 11.8 Å².